The first-order valence-electron chi connectivity index (χ1n) is 4.55. The zero-order valence-corrected chi connectivity index (χ0v) is 9.66. The van der Waals surface area contributed by atoms with Gasteiger partial charge in [0.1, 0.15) is 5.52 Å². The SMILES string of the molecule is Nc1nn(-c2nccn3nccc23)cc1Br. The fraction of sp³-hybridized carbons (Fsp3) is 0. The van der Waals surface area contributed by atoms with E-state index in [4.69, 9.17) is 5.73 Å². The van der Waals surface area contributed by atoms with Crippen LogP contribution >= 0.6 is 15.9 Å². The lowest BCUT2D eigenvalue weighted by molar-refractivity contribution is 0.835. The molecule has 0 aliphatic carbocycles. The number of hydrogen-bond acceptors (Lipinski definition) is 4. The smallest absolute Gasteiger partial charge is 0.179 e. The van der Waals surface area contributed by atoms with Gasteiger partial charge in [-0.05, 0) is 22.0 Å². The van der Waals surface area contributed by atoms with Crippen LogP contribution in [0.4, 0.5) is 5.82 Å². The molecule has 0 saturated heterocycles. The Bertz CT molecular complexity index is 635. The topological polar surface area (TPSA) is 74.0 Å². The molecule has 3 aromatic rings. The lowest BCUT2D eigenvalue weighted by Crippen LogP contribution is -2.02. The van der Waals surface area contributed by atoms with Crippen molar-refractivity contribution in [3.05, 3.63) is 35.3 Å². The lowest BCUT2D eigenvalue weighted by Gasteiger charge is -2.01. The standard InChI is InChI=1S/C9H7BrN6/c10-6-5-16(14-8(6)11)9-7-1-2-13-15(7)4-3-12-9/h1-5H,(H2,11,14). The van der Waals surface area contributed by atoms with Crippen molar-refractivity contribution in [2.75, 3.05) is 5.73 Å². The molecule has 0 bridgehead atoms. The molecule has 0 unspecified atom stereocenters. The van der Waals surface area contributed by atoms with Crippen LogP contribution in [-0.2, 0) is 0 Å². The van der Waals surface area contributed by atoms with Crippen LogP contribution < -0.4 is 5.73 Å². The number of fused-ring (bicyclic) bond motifs is 1. The maximum absolute atomic E-state index is 5.67. The molecule has 80 valence electrons. The fourth-order valence-corrected chi connectivity index (χ4v) is 1.77. The predicted octanol–water partition coefficient (Wildman–Crippen LogP) is 1.26. The molecular formula is C9H7BrN6. The van der Waals surface area contributed by atoms with Gasteiger partial charge in [0.05, 0.1) is 10.7 Å². The van der Waals surface area contributed by atoms with Crippen molar-refractivity contribution in [3.63, 3.8) is 0 Å². The third-order valence-corrected chi connectivity index (χ3v) is 2.83. The Balaban J connectivity index is 2.29. The Morgan fingerprint density at radius 3 is 2.94 bits per heavy atom. The van der Waals surface area contributed by atoms with Gasteiger partial charge in [0, 0.05) is 18.6 Å². The molecular weight excluding hydrogens is 272 g/mol. The highest BCUT2D eigenvalue weighted by atomic mass is 79.9. The second kappa shape index (κ2) is 3.31. The molecule has 0 amide bonds. The summed E-state index contributed by atoms with van der Waals surface area (Å²) in [5.41, 5.74) is 6.54. The number of nitrogens with two attached hydrogens (primary N) is 1. The van der Waals surface area contributed by atoms with Crippen molar-refractivity contribution in [1.29, 1.82) is 0 Å². The van der Waals surface area contributed by atoms with Crippen LogP contribution in [0.25, 0.3) is 11.3 Å². The van der Waals surface area contributed by atoms with E-state index in [9.17, 15) is 0 Å². The number of nitrogen functional groups attached to an aromatic ring is 1. The van der Waals surface area contributed by atoms with E-state index < -0.39 is 0 Å². The van der Waals surface area contributed by atoms with Gasteiger partial charge < -0.3 is 5.73 Å². The first kappa shape index (κ1) is 9.34. The summed E-state index contributed by atoms with van der Waals surface area (Å²) in [6.07, 6.45) is 6.93. The third kappa shape index (κ3) is 1.28. The molecule has 7 heteroatoms. The summed E-state index contributed by atoms with van der Waals surface area (Å²) >= 11 is 3.31. The summed E-state index contributed by atoms with van der Waals surface area (Å²) in [6, 6.07) is 1.87. The summed E-state index contributed by atoms with van der Waals surface area (Å²) in [6.45, 7) is 0. The van der Waals surface area contributed by atoms with Crippen molar-refractivity contribution >= 4 is 27.3 Å². The Labute approximate surface area is 98.8 Å². The Morgan fingerprint density at radius 2 is 2.19 bits per heavy atom. The van der Waals surface area contributed by atoms with Crippen molar-refractivity contribution < 1.29 is 0 Å². The van der Waals surface area contributed by atoms with Crippen molar-refractivity contribution in [3.8, 4) is 5.82 Å². The zero-order chi connectivity index (χ0) is 11.1. The highest BCUT2D eigenvalue weighted by molar-refractivity contribution is 9.10. The van der Waals surface area contributed by atoms with Gasteiger partial charge in [-0.15, -0.1) is 5.10 Å². The number of halogens is 1. The molecule has 0 aliphatic rings. The highest BCUT2D eigenvalue weighted by Gasteiger charge is 2.09. The van der Waals surface area contributed by atoms with Crippen LogP contribution in [0.1, 0.15) is 0 Å². The average Bonchev–Trinajstić information content (AvgIpc) is 2.85. The maximum Gasteiger partial charge on any atom is 0.179 e. The van der Waals surface area contributed by atoms with Gasteiger partial charge in [-0.3, -0.25) is 0 Å². The molecule has 0 aromatic carbocycles. The average molecular weight is 279 g/mol. The minimum atomic E-state index is 0.434. The van der Waals surface area contributed by atoms with Crippen LogP contribution in [0.15, 0.2) is 35.3 Å². The molecule has 0 atom stereocenters. The summed E-state index contributed by atoms with van der Waals surface area (Å²) in [5.74, 6) is 1.13. The molecule has 2 N–H and O–H groups in total. The number of anilines is 1. The van der Waals surface area contributed by atoms with E-state index in [2.05, 4.69) is 31.1 Å². The van der Waals surface area contributed by atoms with E-state index in [1.54, 1.807) is 34.0 Å². The van der Waals surface area contributed by atoms with Crippen molar-refractivity contribution in [1.82, 2.24) is 24.4 Å². The van der Waals surface area contributed by atoms with Gasteiger partial charge in [0.25, 0.3) is 0 Å². The second-order valence-corrected chi connectivity index (χ2v) is 4.07. The molecule has 3 heterocycles. The predicted molar refractivity (Wildman–Crippen MR) is 62.2 cm³/mol. The minimum Gasteiger partial charge on any atom is -0.381 e. The van der Waals surface area contributed by atoms with Crippen LogP contribution in [0.5, 0.6) is 0 Å². The molecule has 0 saturated carbocycles. The highest BCUT2D eigenvalue weighted by Crippen LogP contribution is 2.20. The van der Waals surface area contributed by atoms with Crippen LogP contribution in [0.2, 0.25) is 0 Å². The number of rotatable bonds is 1. The summed E-state index contributed by atoms with van der Waals surface area (Å²) in [7, 11) is 0. The van der Waals surface area contributed by atoms with E-state index in [0.717, 1.165) is 9.99 Å². The second-order valence-electron chi connectivity index (χ2n) is 3.22. The van der Waals surface area contributed by atoms with Crippen molar-refractivity contribution in [2.45, 2.75) is 0 Å². The quantitative estimate of drug-likeness (QED) is 0.727. The van der Waals surface area contributed by atoms with Crippen LogP contribution in [0.3, 0.4) is 0 Å². The zero-order valence-electron chi connectivity index (χ0n) is 8.08. The van der Waals surface area contributed by atoms with E-state index >= 15 is 0 Å². The molecule has 16 heavy (non-hydrogen) atoms. The molecule has 6 nitrogen and oxygen atoms in total. The number of nitrogens with zero attached hydrogens (tertiary/aromatic N) is 5. The van der Waals surface area contributed by atoms with Gasteiger partial charge in [-0.1, -0.05) is 0 Å². The molecule has 0 radical (unpaired) electrons. The third-order valence-electron chi connectivity index (χ3n) is 2.22. The van der Waals surface area contributed by atoms with Gasteiger partial charge >= 0.3 is 0 Å². The van der Waals surface area contributed by atoms with Crippen LogP contribution in [-0.4, -0.2) is 24.4 Å². The first-order chi connectivity index (χ1) is 7.75. The summed E-state index contributed by atoms with van der Waals surface area (Å²) in [5, 5.41) is 8.28. The van der Waals surface area contributed by atoms with Gasteiger partial charge in [0.2, 0.25) is 0 Å². The Hall–Kier alpha value is -1.89. The van der Waals surface area contributed by atoms with Crippen molar-refractivity contribution in [2.24, 2.45) is 0 Å². The molecule has 0 spiro atoms. The van der Waals surface area contributed by atoms with E-state index in [1.165, 1.54) is 0 Å². The number of aromatic nitrogens is 5. The fourth-order valence-electron chi connectivity index (χ4n) is 1.49. The molecule has 3 aromatic heterocycles. The normalized spacial score (nSPS) is 11.1. The molecule has 3 rings (SSSR count). The summed E-state index contributed by atoms with van der Waals surface area (Å²) in [4.78, 5) is 4.27. The van der Waals surface area contributed by atoms with Gasteiger partial charge in [-0.25, -0.2) is 14.2 Å². The Kier molecular flexibility index (Phi) is 1.93. The monoisotopic (exact) mass is 278 g/mol. The van der Waals surface area contributed by atoms with Gasteiger partial charge in [-0.2, -0.15) is 5.10 Å². The Morgan fingerprint density at radius 1 is 1.31 bits per heavy atom. The van der Waals surface area contributed by atoms with E-state index in [-0.39, 0.29) is 0 Å². The largest absolute Gasteiger partial charge is 0.381 e. The lowest BCUT2D eigenvalue weighted by atomic mass is 10.5. The van der Waals surface area contributed by atoms with E-state index in [1.807, 2.05) is 6.07 Å². The first-order valence-corrected chi connectivity index (χ1v) is 5.34. The van der Waals surface area contributed by atoms with Crippen LogP contribution in [0, 0.1) is 0 Å². The van der Waals surface area contributed by atoms with Gasteiger partial charge in [0.15, 0.2) is 11.6 Å². The summed E-state index contributed by atoms with van der Waals surface area (Å²) < 4.78 is 4.10. The van der Waals surface area contributed by atoms with E-state index in [0.29, 0.717) is 11.6 Å². The molecule has 0 aliphatic heterocycles. The minimum absolute atomic E-state index is 0.434. The molecule has 0 fully saturated rings. The number of hydrogen-bond donors (Lipinski definition) is 1. The maximum atomic E-state index is 5.67.